The number of rotatable bonds is 11. The number of carboxylic acids is 1. The number of aliphatic carboxylic acids is 1. The molecule has 1 N–H and O–H groups in total. The topological polar surface area (TPSA) is 65.0 Å². The van der Waals surface area contributed by atoms with E-state index in [0.29, 0.717) is 6.42 Å². The third kappa shape index (κ3) is 7.48. The van der Waals surface area contributed by atoms with Crippen LogP contribution in [-0.2, 0) is 18.7 Å². The van der Waals surface area contributed by atoms with Crippen LogP contribution in [0.4, 0.5) is 0 Å². The van der Waals surface area contributed by atoms with E-state index in [9.17, 15) is 9.90 Å². The SMILES string of the molecule is C=C[C@@H](CCC/C=C(\C)[C@H]1O[C@](CC(=O)O)(OC)CC=C1C)O[Si](C)(C)C(C)(C)C. The molecule has 30 heavy (non-hydrogen) atoms. The summed E-state index contributed by atoms with van der Waals surface area (Å²) in [6.07, 6.45) is 9.04. The molecule has 1 aliphatic heterocycles. The summed E-state index contributed by atoms with van der Waals surface area (Å²) in [5.74, 6) is -2.03. The summed E-state index contributed by atoms with van der Waals surface area (Å²) in [6, 6.07) is 0. The molecule has 6 heteroatoms. The van der Waals surface area contributed by atoms with Crippen molar-refractivity contribution < 1.29 is 23.8 Å². The van der Waals surface area contributed by atoms with Crippen LogP contribution in [0.2, 0.25) is 18.1 Å². The van der Waals surface area contributed by atoms with E-state index in [1.165, 1.54) is 7.11 Å². The molecule has 1 heterocycles. The van der Waals surface area contributed by atoms with Gasteiger partial charge in [0.25, 0.3) is 0 Å². The molecule has 1 aliphatic rings. The van der Waals surface area contributed by atoms with E-state index in [-0.39, 0.29) is 23.7 Å². The molecule has 0 bridgehead atoms. The molecular weight excluding hydrogens is 396 g/mol. The van der Waals surface area contributed by atoms with E-state index in [0.717, 1.165) is 30.4 Å². The highest BCUT2D eigenvalue weighted by Crippen LogP contribution is 2.38. The van der Waals surface area contributed by atoms with Crippen LogP contribution in [0, 0.1) is 0 Å². The minimum absolute atomic E-state index is 0.0730. The smallest absolute Gasteiger partial charge is 0.308 e. The Morgan fingerprint density at radius 3 is 2.60 bits per heavy atom. The number of carbonyl (C=O) groups is 1. The Morgan fingerprint density at radius 1 is 1.47 bits per heavy atom. The Kier molecular flexibility index (Phi) is 9.74. The summed E-state index contributed by atoms with van der Waals surface area (Å²) in [5.41, 5.74) is 2.17. The van der Waals surface area contributed by atoms with Crippen molar-refractivity contribution in [3.05, 3.63) is 36.0 Å². The first-order valence-corrected chi connectivity index (χ1v) is 13.8. The van der Waals surface area contributed by atoms with Crippen LogP contribution < -0.4 is 0 Å². The van der Waals surface area contributed by atoms with Gasteiger partial charge in [-0.05, 0) is 62.4 Å². The maximum absolute atomic E-state index is 11.2. The first-order valence-electron chi connectivity index (χ1n) is 10.9. The zero-order valence-corrected chi connectivity index (χ0v) is 21.2. The van der Waals surface area contributed by atoms with Gasteiger partial charge in [-0.2, -0.15) is 0 Å². The van der Waals surface area contributed by atoms with E-state index in [4.69, 9.17) is 13.9 Å². The van der Waals surface area contributed by atoms with Gasteiger partial charge >= 0.3 is 5.97 Å². The largest absolute Gasteiger partial charge is 0.481 e. The van der Waals surface area contributed by atoms with Gasteiger partial charge < -0.3 is 19.0 Å². The van der Waals surface area contributed by atoms with Crippen LogP contribution in [0.25, 0.3) is 0 Å². The number of hydrogen-bond acceptors (Lipinski definition) is 4. The fraction of sp³-hybridized carbons (Fsp3) is 0.708. The molecular formula is C24H42O5Si. The van der Waals surface area contributed by atoms with Gasteiger partial charge in [0.1, 0.15) is 6.10 Å². The molecule has 3 atom stereocenters. The first kappa shape index (κ1) is 26.8. The van der Waals surface area contributed by atoms with Crippen molar-refractivity contribution in [2.45, 2.75) is 103 Å². The minimum Gasteiger partial charge on any atom is -0.481 e. The van der Waals surface area contributed by atoms with Crippen molar-refractivity contribution in [1.82, 2.24) is 0 Å². The minimum atomic E-state index is -1.82. The summed E-state index contributed by atoms with van der Waals surface area (Å²) in [4.78, 5) is 11.2. The van der Waals surface area contributed by atoms with Crippen molar-refractivity contribution in [2.75, 3.05) is 7.11 Å². The van der Waals surface area contributed by atoms with Gasteiger partial charge in [-0.15, -0.1) is 6.58 Å². The highest BCUT2D eigenvalue weighted by atomic mass is 28.4. The lowest BCUT2D eigenvalue weighted by Crippen LogP contribution is -2.43. The van der Waals surface area contributed by atoms with Gasteiger partial charge in [-0.3, -0.25) is 4.79 Å². The second-order valence-electron chi connectivity index (χ2n) is 9.87. The molecule has 0 amide bonds. The van der Waals surface area contributed by atoms with E-state index in [1.807, 2.05) is 26.0 Å². The fourth-order valence-electron chi connectivity index (χ4n) is 3.32. The van der Waals surface area contributed by atoms with Gasteiger partial charge in [0.05, 0.1) is 12.5 Å². The quantitative estimate of drug-likeness (QED) is 0.235. The second-order valence-corrected chi connectivity index (χ2v) is 14.6. The molecule has 0 saturated heterocycles. The average molecular weight is 439 g/mol. The number of carboxylic acid groups (broad SMARTS) is 1. The maximum Gasteiger partial charge on any atom is 0.308 e. The second kappa shape index (κ2) is 10.9. The molecule has 0 spiro atoms. The lowest BCUT2D eigenvalue weighted by molar-refractivity contribution is -0.241. The normalized spacial score (nSPS) is 24.3. The summed E-state index contributed by atoms with van der Waals surface area (Å²) in [5, 5.41) is 9.40. The lowest BCUT2D eigenvalue weighted by atomic mass is 9.94. The van der Waals surface area contributed by atoms with E-state index < -0.39 is 20.1 Å². The van der Waals surface area contributed by atoms with Crippen molar-refractivity contribution in [2.24, 2.45) is 0 Å². The molecule has 0 unspecified atom stereocenters. The van der Waals surface area contributed by atoms with Crippen LogP contribution in [-0.4, -0.2) is 44.5 Å². The van der Waals surface area contributed by atoms with Crippen LogP contribution in [0.5, 0.6) is 0 Å². The van der Waals surface area contributed by atoms with Crippen molar-refractivity contribution in [3.8, 4) is 0 Å². The lowest BCUT2D eigenvalue weighted by Gasteiger charge is -2.39. The zero-order chi connectivity index (χ0) is 23.2. The number of ether oxygens (including phenoxy) is 2. The summed E-state index contributed by atoms with van der Waals surface area (Å²) >= 11 is 0. The van der Waals surface area contributed by atoms with Gasteiger partial charge in [-0.25, -0.2) is 0 Å². The molecule has 0 aromatic carbocycles. The fourth-order valence-corrected chi connectivity index (χ4v) is 4.64. The predicted octanol–water partition coefficient (Wildman–Crippen LogP) is 6.23. The molecule has 172 valence electrons. The monoisotopic (exact) mass is 438 g/mol. The third-order valence-electron chi connectivity index (χ3n) is 6.36. The number of unbranched alkanes of at least 4 members (excludes halogenated alkanes) is 1. The highest BCUT2D eigenvalue weighted by Gasteiger charge is 2.40. The van der Waals surface area contributed by atoms with Gasteiger partial charge in [0.2, 0.25) is 0 Å². The van der Waals surface area contributed by atoms with Crippen LogP contribution in [0.3, 0.4) is 0 Å². The molecule has 0 aromatic heterocycles. The molecule has 0 aliphatic carbocycles. The summed E-state index contributed by atoms with van der Waals surface area (Å²) in [6.45, 7) is 19.3. The summed E-state index contributed by atoms with van der Waals surface area (Å²) in [7, 11) is -0.311. The van der Waals surface area contributed by atoms with Gasteiger partial charge in [-0.1, -0.05) is 39.0 Å². The van der Waals surface area contributed by atoms with Crippen molar-refractivity contribution >= 4 is 14.3 Å². The third-order valence-corrected chi connectivity index (χ3v) is 10.9. The Balaban J connectivity index is 2.70. The van der Waals surface area contributed by atoms with E-state index in [1.54, 1.807) is 0 Å². The molecule has 5 nitrogen and oxygen atoms in total. The van der Waals surface area contributed by atoms with Crippen molar-refractivity contribution in [3.63, 3.8) is 0 Å². The Hall–Kier alpha value is -1.21. The molecule has 0 saturated carbocycles. The Labute approximate surface area is 184 Å². The van der Waals surface area contributed by atoms with Crippen LogP contribution >= 0.6 is 0 Å². The van der Waals surface area contributed by atoms with E-state index in [2.05, 4.69) is 46.5 Å². The molecule has 0 aromatic rings. The first-order chi connectivity index (χ1) is 13.8. The van der Waals surface area contributed by atoms with Gasteiger partial charge in [0.15, 0.2) is 14.1 Å². The molecule has 0 fully saturated rings. The zero-order valence-electron chi connectivity index (χ0n) is 20.2. The average Bonchev–Trinajstić information content (AvgIpc) is 2.64. The predicted molar refractivity (Wildman–Crippen MR) is 125 cm³/mol. The molecule has 1 rings (SSSR count). The van der Waals surface area contributed by atoms with Crippen molar-refractivity contribution in [1.29, 1.82) is 0 Å². The summed E-state index contributed by atoms with van der Waals surface area (Å²) < 4.78 is 18.1. The molecule has 0 radical (unpaired) electrons. The van der Waals surface area contributed by atoms with Gasteiger partial charge in [0, 0.05) is 13.5 Å². The standard InChI is InChI=1S/C24H42O5Si/c1-10-20(29-30(8,9)23(4,5)6)14-12-11-13-18(2)22-19(3)15-16-24(27-7,28-22)17-21(25)26/h10,13,15,20,22H,1,11-12,14,16-17H2,2-9H3,(H,25,26)/b18-13+/t20-,22+,24+/m0/s1. The van der Waals surface area contributed by atoms with E-state index >= 15 is 0 Å². The highest BCUT2D eigenvalue weighted by molar-refractivity contribution is 6.74. The van der Waals surface area contributed by atoms with Crippen LogP contribution in [0.15, 0.2) is 36.0 Å². The Morgan fingerprint density at radius 2 is 2.10 bits per heavy atom. The number of allylic oxidation sites excluding steroid dienone is 1. The number of hydrogen-bond donors (Lipinski definition) is 1. The maximum atomic E-state index is 11.2. The Bertz CT molecular complexity index is 659. The number of methoxy groups -OCH3 is 1. The van der Waals surface area contributed by atoms with Crippen LogP contribution in [0.1, 0.15) is 66.7 Å².